The van der Waals surface area contributed by atoms with E-state index in [4.69, 9.17) is 9.90 Å². The number of nitrogens with one attached hydrogen (secondary N) is 1. The van der Waals surface area contributed by atoms with Gasteiger partial charge in [0, 0.05) is 32.0 Å². The molecule has 1 amide bonds. The van der Waals surface area contributed by atoms with Gasteiger partial charge >= 0.3 is 12.1 Å². The number of amides is 1. The van der Waals surface area contributed by atoms with Gasteiger partial charge in [-0.25, -0.2) is 4.79 Å². The van der Waals surface area contributed by atoms with Crippen molar-refractivity contribution in [2.75, 3.05) is 19.6 Å². The van der Waals surface area contributed by atoms with Crippen molar-refractivity contribution >= 4 is 23.4 Å². The Balaban J connectivity index is 0.000000718. The van der Waals surface area contributed by atoms with Crippen LogP contribution in [-0.4, -0.2) is 65.3 Å². The first kappa shape index (κ1) is 29.8. The zero-order chi connectivity index (χ0) is 25.7. The summed E-state index contributed by atoms with van der Waals surface area (Å²) in [7, 11) is 0. The van der Waals surface area contributed by atoms with Crippen molar-refractivity contribution in [2.45, 2.75) is 83.9 Å². The average Bonchev–Trinajstić information content (AvgIpc) is 3.18. The molecule has 0 aromatic carbocycles. The van der Waals surface area contributed by atoms with Gasteiger partial charge in [0.25, 0.3) is 0 Å². The third kappa shape index (κ3) is 10.8. The number of ketones is 2. The van der Waals surface area contributed by atoms with Gasteiger partial charge < -0.3 is 10.4 Å². The summed E-state index contributed by atoms with van der Waals surface area (Å²) in [6.07, 6.45) is 6.54. The Morgan fingerprint density at radius 3 is 2.47 bits per heavy atom. The third-order valence-electron chi connectivity index (χ3n) is 6.14. The Kier molecular flexibility index (Phi) is 13.1. The molecule has 0 spiro atoms. The molecule has 0 saturated carbocycles. The molecule has 0 radical (unpaired) electrons. The number of Topliss-reactive ketones (excluding diaryl/α,β-unsaturated/α-hetero) is 1. The van der Waals surface area contributed by atoms with Gasteiger partial charge in [-0.15, -0.1) is 0 Å². The van der Waals surface area contributed by atoms with Gasteiger partial charge in [-0.2, -0.15) is 13.2 Å². The first-order valence-corrected chi connectivity index (χ1v) is 12.0. The lowest BCUT2D eigenvalue weighted by atomic mass is 9.79. The third-order valence-corrected chi connectivity index (χ3v) is 6.14. The van der Waals surface area contributed by atoms with Crippen molar-refractivity contribution in [1.29, 1.82) is 0 Å². The molecule has 3 atom stereocenters. The zero-order valence-electron chi connectivity index (χ0n) is 20.0. The molecule has 2 N–H and O–H groups in total. The highest BCUT2D eigenvalue weighted by molar-refractivity contribution is 6.08. The van der Waals surface area contributed by atoms with Crippen molar-refractivity contribution in [3.8, 4) is 0 Å². The Hall–Kier alpha value is -2.23. The molecular weight excluding hydrogens is 453 g/mol. The molecule has 1 aliphatic heterocycles. The zero-order valence-corrected chi connectivity index (χ0v) is 20.0. The summed E-state index contributed by atoms with van der Waals surface area (Å²) in [6.45, 7) is 6.75. The van der Waals surface area contributed by atoms with Gasteiger partial charge in [-0.1, -0.05) is 32.8 Å². The van der Waals surface area contributed by atoms with E-state index in [-0.39, 0.29) is 29.4 Å². The topological polar surface area (TPSA) is 104 Å². The smallest absolute Gasteiger partial charge is 0.475 e. The normalized spacial score (nSPS) is 22.7. The standard InChI is InChI=1S/C22H36N2O3.C2HF3O2/c1-3-4-5-12-21(27)23-13-8-15-24-14-7-10-18(24)16-20(26)22-17(2)9-6-11-19(22)25;3-2(4,5)1(6)7/h6,11,17-18,22H,3-5,7-10,12-16H2,1-2H3,(H,23,27);(H,6,7)/t17-,18?,22+;/m0./s1. The number of hydrogen-bond donors (Lipinski definition) is 2. The van der Waals surface area contributed by atoms with Crippen molar-refractivity contribution < 1.29 is 37.5 Å². The maximum absolute atomic E-state index is 12.7. The summed E-state index contributed by atoms with van der Waals surface area (Å²) in [5, 5.41) is 10.1. The van der Waals surface area contributed by atoms with Gasteiger partial charge in [-0.3, -0.25) is 19.3 Å². The maximum atomic E-state index is 12.7. The predicted octanol–water partition coefficient (Wildman–Crippen LogP) is 3.91. The van der Waals surface area contributed by atoms with E-state index in [1.807, 2.05) is 13.0 Å². The van der Waals surface area contributed by atoms with Gasteiger partial charge in [-0.05, 0) is 50.6 Å². The number of nitrogens with zero attached hydrogens (tertiary/aromatic N) is 1. The number of aliphatic carboxylic acids is 1. The molecule has 10 heteroatoms. The van der Waals surface area contributed by atoms with Crippen LogP contribution in [0.2, 0.25) is 0 Å². The largest absolute Gasteiger partial charge is 0.490 e. The first-order chi connectivity index (χ1) is 16.0. The van der Waals surface area contributed by atoms with Crippen LogP contribution in [0.4, 0.5) is 13.2 Å². The molecule has 0 aromatic rings. The number of carboxylic acid groups (broad SMARTS) is 1. The van der Waals surface area contributed by atoms with E-state index in [2.05, 4.69) is 17.1 Å². The van der Waals surface area contributed by atoms with Crippen LogP contribution < -0.4 is 5.32 Å². The van der Waals surface area contributed by atoms with Crippen LogP contribution in [-0.2, 0) is 19.2 Å². The maximum Gasteiger partial charge on any atom is 0.490 e. The Morgan fingerprint density at radius 2 is 1.88 bits per heavy atom. The lowest BCUT2D eigenvalue weighted by Crippen LogP contribution is -2.38. The molecule has 7 nitrogen and oxygen atoms in total. The second-order valence-electron chi connectivity index (χ2n) is 8.96. The van der Waals surface area contributed by atoms with Crippen molar-refractivity contribution in [3.63, 3.8) is 0 Å². The second-order valence-corrected chi connectivity index (χ2v) is 8.96. The molecule has 2 rings (SSSR count). The number of halogens is 3. The number of carbonyl (C=O) groups excluding carboxylic acids is 3. The van der Waals surface area contributed by atoms with E-state index in [0.717, 1.165) is 58.0 Å². The number of carbonyl (C=O) groups is 4. The van der Waals surface area contributed by atoms with E-state index in [1.54, 1.807) is 6.08 Å². The summed E-state index contributed by atoms with van der Waals surface area (Å²) in [5.41, 5.74) is 0. The molecule has 1 heterocycles. The highest BCUT2D eigenvalue weighted by Crippen LogP contribution is 2.28. The number of allylic oxidation sites excluding steroid dienone is 2. The fourth-order valence-electron chi connectivity index (χ4n) is 4.31. The number of hydrogen-bond acceptors (Lipinski definition) is 5. The van der Waals surface area contributed by atoms with E-state index >= 15 is 0 Å². The van der Waals surface area contributed by atoms with Crippen LogP contribution in [0.3, 0.4) is 0 Å². The van der Waals surface area contributed by atoms with Gasteiger partial charge in [0.1, 0.15) is 5.78 Å². The number of rotatable bonds is 11. The van der Waals surface area contributed by atoms with Gasteiger partial charge in [0.15, 0.2) is 5.78 Å². The molecular formula is C24H37F3N2O5. The van der Waals surface area contributed by atoms with Crippen LogP contribution in [0.1, 0.15) is 71.6 Å². The summed E-state index contributed by atoms with van der Waals surface area (Å²) < 4.78 is 31.7. The highest BCUT2D eigenvalue weighted by atomic mass is 19.4. The molecule has 34 heavy (non-hydrogen) atoms. The van der Waals surface area contributed by atoms with Crippen LogP contribution in [0.15, 0.2) is 12.2 Å². The molecule has 1 fully saturated rings. The Labute approximate surface area is 199 Å². The molecule has 0 aromatic heterocycles. The van der Waals surface area contributed by atoms with E-state index in [0.29, 0.717) is 19.4 Å². The van der Waals surface area contributed by atoms with Crippen molar-refractivity contribution in [2.24, 2.45) is 11.8 Å². The van der Waals surface area contributed by atoms with Crippen molar-refractivity contribution in [1.82, 2.24) is 10.2 Å². The fraction of sp³-hybridized carbons (Fsp3) is 0.750. The minimum atomic E-state index is -5.08. The molecule has 1 aliphatic carbocycles. The SMILES string of the molecule is CCCCCC(=O)NCCCN1CCCC1CC(=O)[C@H]1C(=O)C=CC[C@@H]1C.O=C(O)C(F)(F)F. The van der Waals surface area contributed by atoms with Gasteiger partial charge in [0.05, 0.1) is 5.92 Å². The number of alkyl halides is 3. The van der Waals surface area contributed by atoms with Crippen molar-refractivity contribution in [3.05, 3.63) is 12.2 Å². The summed E-state index contributed by atoms with van der Waals surface area (Å²) in [5.74, 6) is -2.85. The molecule has 1 unspecified atom stereocenters. The van der Waals surface area contributed by atoms with Crippen LogP contribution >= 0.6 is 0 Å². The van der Waals surface area contributed by atoms with E-state index < -0.39 is 18.1 Å². The molecule has 2 aliphatic rings. The molecule has 1 saturated heterocycles. The first-order valence-electron chi connectivity index (χ1n) is 12.0. The van der Waals surface area contributed by atoms with E-state index in [1.165, 1.54) is 0 Å². The number of likely N-dealkylation sites (tertiary alicyclic amines) is 1. The second kappa shape index (κ2) is 14.9. The Bertz CT molecular complexity index is 724. The molecule has 194 valence electrons. The minimum absolute atomic E-state index is 0.0194. The van der Waals surface area contributed by atoms with Crippen LogP contribution in [0.5, 0.6) is 0 Å². The average molecular weight is 491 g/mol. The highest BCUT2D eigenvalue weighted by Gasteiger charge is 2.38. The quantitative estimate of drug-likeness (QED) is 0.336. The minimum Gasteiger partial charge on any atom is -0.475 e. The number of carboxylic acids is 1. The van der Waals surface area contributed by atoms with Crippen LogP contribution in [0, 0.1) is 11.8 Å². The molecule has 0 bridgehead atoms. The summed E-state index contributed by atoms with van der Waals surface area (Å²) in [4.78, 5) is 47.9. The fourth-order valence-corrected chi connectivity index (χ4v) is 4.31. The van der Waals surface area contributed by atoms with Crippen LogP contribution in [0.25, 0.3) is 0 Å². The summed E-state index contributed by atoms with van der Waals surface area (Å²) in [6, 6.07) is 0.253. The lowest BCUT2D eigenvalue weighted by molar-refractivity contribution is -0.192. The number of unbranched alkanes of at least 4 members (excludes halogenated alkanes) is 2. The van der Waals surface area contributed by atoms with E-state index in [9.17, 15) is 27.6 Å². The predicted molar refractivity (Wildman–Crippen MR) is 121 cm³/mol. The lowest BCUT2D eigenvalue weighted by Gasteiger charge is -2.27. The summed E-state index contributed by atoms with van der Waals surface area (Å²) >= 11 is 0. The monoisotopic (exact) mass is 490 g/mol. The Morgan fingerprint density at radius 1 is 1.21 bits per heavy atom. The van der Waals surface area contributed by atoms with Gasteiger partial charge in [0.2, 0.25) is 5.91 Å².